The standard InChI is InChI=1S/C19H19BrFN4O2P/c1-23-15-9-12(21)2-3-14(15)25(19(27)18(23)26)13-4-6-24(7-5-13)17-16(28)8-11(20)10-22-17/h2-3,8-10,13H,4-7,28H2,1H3. The summed E-state index contributed by atoms with van der Waals surface area (Å²) in [5, 5.41) is 1.000. The first-order valence-electron chi connectivity index (χ1n) is 8.93. The molecule has 0 bridgehead atoms. The van der Waals surface area contributed by atoms with Gasteiger partial charge in [0.25, 0.3) is 0 Å². The fourth-order valence-corrected chi connectivity index (χ4v) is 4.87. The number of nitrogens with zero attached hydrogens (tertiary/aromatic N) is 4. The van der Waals surface area contributed by atoms with Gasteiger partial charge in [-0.3, -0.25) is 14.2 Å². The third kappa shape index (κ3) is 3.29. The van der Waals surface area contributed by atoms with E-state index in [1.807, 2.05) is 6.07 Å². The molecule has 9 heteroatoms. The molecular formula is C19H19BrFN4O2P. The predicted octanol–water partition coefficient (Wildman–Crippen LogP) is 2.34. The molecule has 0 amide bonds. The zero-order valence-electron chi connectivity index (χ0n) is 15.2. The first-order valence-corrected chi connectivity index (χ1v) is 10.3. The Kier molecular flexibility index (Phi) is 5.10. The minimum Gasteiger partial charge on any atom is -0.356 e. The average Bonchev–Trinajstić information content (AvgIpc) is 2.68. The number of hydrogen-bond acceptors (Lipinski definition) is 4. The molecule has 0 aliphatic carbocycles. The molecule has 4 rings (SSSR count). The maximum atomic E-state index is 13.7. The van der Waals surface area contributed by atoms with E-state index >= 15 is 0 Å². The minimum absolute atomic E-state index is 0.117. The van der Waals surface area contributed by atoms with E-state index in [1.165, 1.54) is 23.7 Å². The van der Waals surface area contributed by atoms with Crippen molar-refractivity contribution in [3.8, 4) is 0 Å². The van der Waals surface area contributed by atoms with Gasteiger partial charge in [0.15, 0.2) is 0 Å². The summed E-state index contributed by atoms with van der Waals surface area (Å²) in [4.78, 5) is 31.8. The maximum Gasteiger partial charge on any atom is 0.317 e. The normalized spacial score (nSPS) is 15.4. The average molecular weight is 465 g/mol. The Morgan fingerprint density at radius 1 is 1.14 bits per heavy atom. The van der Waals surface area contributed by atoms with E-state index in [1.54, 1.807) is 16.8 Å². The maximum absolute atomic E-state index is 13.7. The summed E-state index contributed by atoms with van der Waals surface area (Å²) in [6.07, 6.45) is 3.16. The Balaban J connectivity index is 1.69. The Labute approximate surface area is 171 Å². The fourth-order valence-electron chi connectivity index (χ4n) is 3.84. The van der Waals surface area contributed by atoms with Crippen molar-refractivity contribution in [3.63, 3.8) is 0 Å². The van der Waals surface area contributed by atoms with Crippen LogP contribution in [0.15, 0.2) is 44.5 Å². The predicted molar refractivity (Wildman–Crippen MR) is 115 cm³/mol. The van der Waals surface area contributed by atoms with Gasteiger partial charge in [-0.2, -0.15) is 0 Å². The minimum atomic E-state index is -0.637. The van der Waals surface area contributed by atoms with Gasteiger partial charge in [0.05, 0.1) is 11.0 Å². The van der Waals surface area contributed by atoms with Crippen LogP contribution in [0.2, 0.25) is 0 Å². The van der Waals surface area contributed by atoms with E-state index in [4.69, 9.17) is 0 Å². The van der Waals surface area contributed by atoms with Crippen LogP contribution in [0.4, 0.5) is 10.2 Å². The van der Waals surface area contributed by atoms with Crippen LogP contribution < -0.4 is 21.3 Å². The highest BCUT2D eigenvalue weighted by Gasteiger charge is 2.25. The van der Waals surface area contributed by atoms with Crippen LogP contribution in [0.1, 0.15) is 18.9 Å². The Morgan fingerprint density at radius 3 is 2.54 bits per heavy atom. The molecular weight excluding hydrogens is 446 g/mol. The van der Waals surface area contributed by atoms with Crippen molar-refractivity contribution >= 4 is 47.3 Å². The number of piperidine rings is 1. The van der Waals surface area contributed by atoms with Crippen molar-refractivity contribution < 1.29 is 4.39 Å². The molecule has 1 fully saturated rings. The van der Waals surface area contributed by atoms with Gasteiger partial charge in [0.1, 0.15) is 11.6 Å². The monoisotopic (exact) mass is 464 g/mol. The third-order valence-corrected chi connectivity index (χ3v) is 6.11. The molecule has 0 saturated carbocycles. The van der Waals surface area contributed by atoms with E-state index in [0.717, 1.165) is 15.6 Å². The SMILES string of the molecule is Cn1c(=O)c(=O)n(C2CCN(c3ncc(Br)cc3P)CC2)c2ccc(F)cc21. The molecule has 1 aliphatic heterocycles. The second-order valence-electron chi connectivity index (χ2n) is 6.96. The molecule has 1 saturated heterocycles. The second-order valence-corrected chi connectivity index (χ2v) is 8.49. The summed E-state index contributed by atoms with van der Waals surface area (Å²) in [6, 6.07) is 6.08. The lowest BCUT2D eigenvalue weighted by Crippen LogP contribution is -2.45. The molecule has 1 aliphatic rings. The molecule has 0 spiro atoms. The molecule has 1 aromatic carbocycles. The summed E-state index contributed by atoms with van der Waals surface area (Å²) in [5.74, 6) is 0.465. The summed E-state index contributed by atoms with van der Waals surface area (Å²) in [7, 11) is 4.19. The van der Waals surface area contributed by atoms with Crippen molar-refractivity contribution in [3.05, 3.63) is 61.5 Å². The van der Waals surface area contributed by atoms with Gasteiger partial charge in [-0.25, -0.2) is 9.37 Å². The van der Waals surface area contributed by atoms with E-state index in [0.29, 0.717) is 37.0 Å². The van der Waals surface area contributed by atoms with Crippen LogP contribution in [-0.4, -0.2) is 27.2 Å². The van der Waals surface area contributed by atoms with Crippen molar-refractivity contribution in [2.24, 2.45) is 7.05 Å². The van der Waals surface area contributed by atoms with Gasteiger partial charge in [0.2, 0.25) is 0 Å². The lowest BCUT2D eigenvalue weighted by Gasteiger charge is -2.34. The zero-order valence-corrected chi connectivity index (χ0v) is 18.0. The summed E-state index contributed by atoms with van der Waals surface area (Å²) in [5.41, 5.74) is -0.190. The van der Waals surface area contributed by atoms with Gasteiger partial charge >= 0.3 is 11.1 Å². The van der Waals surface area contributed by atoms with Crippen LogP contribution in [-0.2, 0) is 7.05 Å². The molecule has 6 nitrogen and oxygen atoms in total. The number of benzene rings is 1. The van der Waals surface area contributed by atoms with E-state index in [9.17, 15) is 14.0 Å². The van der Waals surface area contributed by atoms with Crippen LogP contribution in [0.3, 0.4) is 0 Å². The first kappa shape index (κ1) is 19.3. The van der Waals surface area contributed by atoms with E-state index < -0.39 is 16.9 Å². The van der Waals surface area contributed by atoms with Crippen LogP contribution in [0.25, 0.3) is 11.0 Å². The number of hydrogen-bond donors (Lipinski definition) is 0. The number of aryl methyl sites for hydroxylation is 1. The lowest BCUT2D eigenvalue weighted by molar-refractivity contribution is 0.393. The van der Waals surface area contributed by atoms with Gasteiger partial charge in [-0.15, -0.1) is 9.24 Å². The Bertz CT molecular complexity index is 1180. The van der Waals surface area contributed by atoms with Gasteiger partial charge in [-0.1, -0.05) is 0 Å². The number of aromatic nitrogens is 3. The fraction of sp³-hybridized carbons (Fsp3) is 0.316. The molecule has 0 N–H and O–H groups in total. The molecule has 3 aromatic rings. The highest BCUT2D eigenvalue weighted by Crippen LogP contribution is 2.27. The number of anilines is 1. The van der Waals surface area contributed by atoms with Crippen molar-refractivity contribution in [1.82, 2.24) is 14.1 Å². The summed E-state index contributed by atoms with van der Waals surface area (Å²) < 4.78 is 17.4. The largest absolute Gasteiger partial charge is 0.356 e. The van der Waals surface area contributed by atoms with Gasteiger partial charge in [-0.05, 0) is 53.0 Å². The highest BCUT2D eigenvalue weighted by molar-refractivity contribution is 9.10. The second kappa shape index (κ2) is 7.41. The molecule has 3 heterocycles. The van der Waals surface area contributed by atoms with E-state index in [-0.39, 0.29) is 6.04 Å². The van der Waals surface area contributed by atoms with Crippen LogP contribution in [0, 0.1) is 5.82 Å². The number of pyridine rings is 1. The molecule has 2 aromatic heterocycles. The number of halogens is 2. The van der Waals surface area contributed by atoms with Crippen LogP contribution in [0.5, 0.6) is 0 Å². The van der Waals surface area contributed by atoms with Gasteiger partial charge < -0.3 is 9.47 Å². The topological polar surface area (TPSA) is 60.1 Å². The van der Waals surface area contributed by atoms with Crippen molar-refractivity contribution in [2.45, 2.75) is 18.9 Å². The third-order valence-electron chi connectivity index (χ3n) is 5.26. The molecule has 146 valence electrons. The smallest absolute Gasteiger partial charge is 0.317 e. The lowest BCUT2D eigenvalue weighted by atomic mass is 10.0. The zero-order chi connectivity index (χ0) is 20.0. The Hall–Kier alpha value is -2.05. The molecule has 28 heavy (non-hydrogen) atoms. The van der Waals surface area contributed by atoms with Crippen LogP contribution >= 0.6 is 25.2 Å². The first-order chi connectivity index (χ1) is 13.4. The number of rotatable bonds is 2. The quantitative estimate of drug-likeness (QED) is 0.431. The van der Waals surface area contributed by atoms with Crippen molar-refractivity contribution in [2.75, 3.05) is 18.0 Å². The molecule has 1 atom stereocenters. The molecule has 0 radical (unpaired) electrons. The van der Waals surface area contributed by atoms with E-state index in [2.05, 4.69) is 35.1 Å². The van der Waals surface area contributed by atoms with Gasteiger partial charge in [0, 0.05) is 42.2 Å². The Morgan fingerprint density at radius 2 is 1.86 bits per heavy atom. The molecule has 1 unspecified atom stereocenters. The highest BCUT2D eigenvalue weighted by atomic mass is 79.9. The van der Waals surface area contributed by atoms with Crippen molar-refractivity contribution in [1.29, 1.82) is 0 Å². The summed E-state index contributed by atoms with van der Waals surface area (Å²) >= 11 is 3.42. The summed E-state index contributed by atoms with van der Waals surface area (Å²) in [6.45, 7) is 1.43. The number of fused-ring (bicyclic) bond motifs is 1.